The Labute approximate surface area is 218 Å². The SMILES string of the molecule is O=C(NN1C(=O)C(=Cc2cc(Br)ccc2OCc2ccc([N+](=O)[O-])cc2)SC1=S)c1ccccc1. The van der Waals surface area contributed by atoms with Crippen LogP contribution in [0.1, 0.15) is 21.5 Å². The Balaban J connectivity index is 1.51. The number of hydrogen-bond acceptors (Lipinski definition) is 7. The normalized spacial score (nSPS) is 14.3. The Bertz CT molecular complexity index is 1350. The number of thiocarbonyl (C=S) groups is 1. The van der Waals surface area contributed by atoms with E-state index in [1.807, 2.05) is 0 Å². The summed E-state index contributed by atoms with van der Waals surface area (Å²) in [7, 11) is 0. The van der Waals surface area contributed by atoms with Crippen LogP contribution >= 0.6 is 39.9 Å². The smallest absolute Gasteiger partial charge is 0.285 e. The number of non-ortho nitro benzene ring substituents is 1. The zero-order valence-electron chi connectivity index (χ0n) is 17.8. The Morgan fingerprint density at radius 3 is 2.54 bits per heavy atom. The summed E-state index contributed by atoms with van der Waals surface area (Å²) in [5.74, 6) is -0.395. The van der Waals surface area contributed by atoms with Crippen molar-refractivity contribution in [3.8, 4) is 5.75 Å². The molecule has 11 heteroatoms. The molecule has 8 nitrogen and oxygen atoms in total. The number of amides is 2. The minimum Gasteiger partial charge on any atom is -0.488 e. The van der Waals surface area contributed by atoms with Crippen LogP contribution in [-0.2, 0) is 11.4 Å². The summed E-state index contributed by atoms with van der Waals surface area (Å²) >= 11 is 9.80. The molecule has 1 saturated heterocycles. The van der Waals surface area contributed by atoms with E-state index in [0.29, 0.717) is 21.8 Å². The van der Waals surface area contributed by atoms with Crippen molar-refractivity contribution in [3.05, 3.63) is 109 Å². The van der Waals surface area contributed by atoms with E-state index in [4.69, 9.17) is 17.0 Å². The van der Waals surface area contributed by atoms with E-state index < -0.39 is 16.7 Å². The number of thioether (sulfide) groups is 1. The molecule has 1 N–H and O–H groups in total. The van der Waals surface area contributed by atoms with Crippen molar-refractivity contribution in [2.75, 3.05) is 0 Å². The summed E-state index contributed by atoms with van der Waals surface area (Å²) in [5, 5.41) is 11.9. The highest BCUT2D eigenvalue weighted by Crippen LogP contribution is 2.34. The number of carbonyl (C=O) groups is 2. The van der Waals surface area contributed by atoms with Crippen LogP contribution in [0, 0.1) is 10.1 Å². The maximum absolute atomic E-state index is 13.0. The van der Waals surface area contributed by atoms with Crippen LogP contribution in [0.3, 0.4) is 0 Å². The van der Waals surface area contributed by atoms with Gasteiger partial charge in [0.05, 0.1) is 9.83 Å². The van der Waals surface area contributed by atoms with Gasteiger partial charge in [0.2, 0.25) is 0 Å². The Kier molecular flexibility index (Phi) is 7.59. The number of hydrogen-bond donors (Lipinski definition) is 1. The first kappa shape index (κ1) is 24.6. The predicted octanol–water partition coefficient (Wildman–Crippen LogP) is 5.48. The lowest BCUT2D eigenvalue weighted by Crippen LogP contribution is -2.44. The van der Waals surface area contributed by atoms with Crippen molar-refractivity contribution in [2.24, 2.45) is 0 Å². The van der Waals surface area contributed by atoms with E-state index in [1.165, 1.54) is 12.1 Å². The van der Waals surface area contributed by atoms with Gasteiger partial charge in [-0.2, -0.15) is 5.01 Å². The third kappa shape index (κ3) is 5.94. The molecule has 0 bridgehead atoms. The Morgan fingerprint density at radius 2 is 1.86 bits per heavy atom. The predicted molar refractivity (Wildman–Crippen MR) is 140 cm³/mol. The average molecular weight is 570 g/mol. The molecule has 4 rings (SSSR count). The molecule has 0 saturated carbocycles. The minimum atomic E-state index is -0.462. The van der Waals surface area contributed by atoms with Crippen molar-refractivity contribution in [1.82, 2.24) is 10.4 Å². The summed E-state index contributed by atoms with van der Waals surface area (Å²) in [5.41, 5.74) is 4.32. The van der Waals surface area contributed by atoms with Gasteiger partial charge >= 0.3 is 0 Å². The topological polar surface area (TPSA) is 102 Å². The number of rotatable bonds is 7. The van der Waals surface area contributed by atoms with Gasteiger partial charge in [0.1, 0.15) is 12.4 Å². The second-order valence-electron chi connectivity index (χ2n) is 7.22. The standard InChI is InChI=1S/C24H16BrN3O5S2/c25-18-8-11-20(33-14-15-6-9-19(10-7-15)28(31)32)17(12-18)13-21-23(30)27(24(34)35-21)26-22(29)16-4-2-1-3-5-16/h1-13H,14H2,(H,26,29). The molecule has 35 heavy (non-hydrogen) atoms. The van der Waals surface area contributed by atoms with E-state index in [9.17, 15) is 19.7 Å². The van der Waals surface area contributed by atoms with Gasteiger partial charge in [-0.15, -0.1) is 0 Å². The monoisotopic (exact) mass is 569 g/mol. The molecule has 0 aliphatic carbocycles. The number of nitro groups is 1. The summed E-state index contributed by atoms with van der Waals surface area (Å²) in [6.45, 7) is 0.175. The summed E-state index contributed by atoms with van der Waals surface area (Å²) in [6, 6.07) is 19.9. The number of hydrazine groups is 1. The van der Waals surface area contributed by atoms with Gasteiger partial charge in [-0.3, -0.25) is 25.1 Å². The second-order valence-corrected chi connectivity index (χ2v) is 9.81. The maximum Gasteiger partial charge on any atom is 0.285 e. The Hall–Kier alpha value is -3.54. The van der Waals surface area contributed by atoms with Gasteiger partial charge in [-0.05, 0) is 66.3 Å². The van der Waals surface area contributed by atoms with Crippen LogP contribution in [0.5, 0.6) is 5.75 Å². The fourth-order valence-electron chi connectivity index (χ4n) is 3.10. The fraction of sp³-hybridized carbons (Fsp3) is 0.0417. The van der Waals surface area contributed by atoms with E-state index in [1.54, 1.807) is 66.7 Å². The van der Waals surface area contributed by atoms with Crippen molar-refractivity contribution in [1.29, 1.82) is 0 Å². The lowest BCUT2D eigenvalue weighted by Gasteiger charge is -2.15. The highest BCUT2D eigenvalue weighted by Gasteiger charge is 2.34. The molecule has 2 amide bonds. The van der Waals surface area contributed by atoms with Crippen LogP contribution in [-0.4, -0.2) is 26.1 Å². The lowest BCUT2D eigenvalue weighted by molar-refractivity contribution is -0.384. The minimum absolute atomic E-state index is 0.000497. The summed E-state index contributed by atoms with van der Waals surface area (Å²) in [4.78, 5) is 36.1. The molecule has 1 heterocycles. The molecule has 1 aliphatic heterocycles. The Morgan fingerprint density at radius 1 is 1.14 bits per heavy atom. The zero-order valence-corrected chi connectivity index (χ0v) is 21.1. The number of benzene rings is 3. The first-order valence-electron chi connectivity index (χ1n) is 10.1. The van der Waals surface area contributed by atoms with E-state index in [-0.39, 0.29) is 16.6 Å². The number of ether oxygens (including phenoxy) is 1. The van der Waals surface area contributed by atoms with Gasteiger partial charge < -0.3 is 4.74 Å². The van der Waals surface area contributed by atoms with Gasteiger partial charge in [0.25, 0.3) is 17.5 Å². The molecule has 0 atom stereocenters. The van der Waals surface area contributed by atoms with E-state index >= 15 is 0 Å². The summed E-state index contributed by atoms with van der Waals surface area (Å²) in [6.07, 6.45) is 1.64. The van der Waals surface area contributed by atoms with Crippen LogP contribution < -0.4 is 10.2 Å². The number of nitrogens with one attached hydrogen (secondary N) is 1. The highest BCUT2D eigenvalue weighted by molar-refractivity contribution is 9.10. The van der Waals surface area contributed by atoms with E-state index in [2.05, 4.69) is 21.4 Å². The van der Waals surface area contributed by atoms with Crippen molar-refractivity contribution >= 4 is 67.8 Å². The number of nitrogens with zero attached hydrogens (tertiary/aromatic N) is 2. The molecule has 0 radical (unpaired) electrons. The van der Waals surface area contributed by atoms with E-state index in [0.717, 1.165) is 26.8 Å². The first-order valence-corrected chi connectivity index (χ1v) is 12.1. The van der Waals surface area contributed by atoms with Crippen molar-refractivity contribution in [2.45, 2.75) is 6.61 Å². The average Bonchev–Trinajstić information content (AvgIpc) is 3.11. The molecule has 0 spiro atoms. The largest absolute Gasteiger partial charge is 0.488 e. The van der Waals surface area contributed by atoms with Crippen LogP contribution in [0.15, 0.2) is 82.2 Å². The third-order valence-electron chi connectivity index (χ3n) is 4.84. The molecule has 1 fully saturated rings. The third-order valence-corrected chi connectivity index (χ3v) is 6.64. The van der Waals surface area contributed by atoms with Crippen molar-refractivity contribution < 1.29 is 19.2 Å². The summed E-state index contributed by atoms with van der Waals surface area (Å²) < 4.78 is 6.91. The van der Waals surface area contributed by atoms with Crippen LogP contribution in [0.25, 0.3) is 6.08 Å². The van der Waals surface area contributed by atoms with Crippen LogP contribution in [0.4, 0.5) is 5.69 Å². The van der Waals surface area contributed by atoms with Crippen molar-refractivity contribution in [3.63, 3.8) is 0 Å². The second kappa shape index (κ2) is 10.8. The first-order chi connectivity index (χ1) is 16.8. The van der Waals surface area contributed by atoms with Gasteiger partial charge in [0, 0.05) is 27.7 Å². The molecule has 0 aromatic heterocycles. The molecular weight excluding hydrogens is 554 g/mol. The molecule has 176 valence electrons. The number of nitro benzene ring substituents is 1. The highest BCUT2D eigenvalue weighted by atomic mass is 79.9. The molecule has 3 aromatic rings. The van der Waals surface area contributed by atoms with Crippen LogP contribution in [0.2, 0.25) is 0 Å². The van der Waals surface area contributed by atoms with Gasteiger partial charge in [-0.25, -0.2) is 0 Å². The number of carbonyl (C=O) groups excluding carboxylic acids is 2. The quantitative estimate of drug-likeness (QED) is 0.174. The molecular formula is C24H16BrN3O5S2. The van der Waals surface area contributed by atoms with Gasteiger partial charge in [0.15, 0.2) is 4.32 Å². The maximum atomic E-state index is 13.0. The zero-order chi connectivity index (χ0) is 24.9. The molecule has 1 aliphatic rings. The van der Waals surface area contributed by atoms with Gasteiger partial charge in [-0.1, -0.05) is 45.9 Å². The molecule has 0 unspecified atom stereocenters. The lowest BCUT2D eigenvalue weighted by atomic mass is 10.1. The fourth-order valence-corrected chi connectivity index (χ4v) is 4.65. The number of halogens is 1. The molecule has 3 aromatic carbocycles.